The molecule has 0 atom stereocenters. The highest BCUT2D eigenvalue weighted by Gasteiger charge is 2.32. The van der Waals surface area contributed by atoms with Gasteiger partial charge in [-0.25, -0.2) is 4.98 Å². The molecular weight excluding hydrogens is 532 g/mol. The van der Waals surface area contributed by atoms with Crippen LogP contribution < -0.4 is 20.4 Å². The smallest absolute Gasteiger partial charge is 0.276 e. The Morgan fingerprint density at radius 2 is 1.95 bits per heavy atom. The van der Waals surface area contributed by atoms with Crippen molar-refractivity contribution < 1.29 is 28.6 Å². The van der Waals surface area contributed by atoms with Gasteiger partial charge in [-0.15, -0.1) is 0 Å². The van der Waals surface area contributed by atoms with Crippen molar-refractivity contribution in [1.29, 1.82) is 0 Å². The van der Waals surface area contributed by atoms with Gasteiger partial charge in [-0.2, -0.15) is 4.98 Å². The second-order valence-electron chi connectivity index (χ2n) is 10.1. The number of pyridine rings is 2. The number of nitrogens with one attached hydrogen (secondary N) is 1. The van der Waals surface area contributed by atoms with Gasteiger partial charge in [0.25, 0.3) is 5.91 Å². The van der Waals surface area contributed by atoms with Crippen LogP contribution in [0.2, 0.25) is 0 Å². The maximum atomic E-state index is 13.9. The second kappa shape index (κ2) is 10.9. The lowest BCUT2D eigenvalue weighted by molar-refractivity contribution is -0.121. The first-order chi connectivity index (χ1) is 19.9. The number of oxazole rings is 1. The molecule has 0 spiro atoms. The molecule has 0 saturated carbocycles. The van der Waals surface area contributed by atoms with Crippen LogP contribution in [0.1, 0.15) is 41.0 Å². The van der Waals surface area contributed by atoms with E-state index in [1.54, 1.807) is 16.5 Å². The van der Waals surface area contributed by atoms with Gasteiger partial charge in [-0.1, -0.05) is 13.0 Å². The summed E-state index contributed by atoms with van der Waals surface area (Å²) in [5, 5.41) is 13.3. The summed E-state index contributed by atoms with van der Waals surface area (Å²) in [5.74, 6) is 0.123. The zero-order valence-electron chi connectivity index (χ0n) is 23.1. The van der Waals surface area contributed by atoms with Gasteiger partial charge in [0.05, 0.1) is 26.0 Å². The summed E-state index contributed by atoms with van der Waals surface area (Å²) >= 11 is 0. The highest BCUT2D eigenvalue weighted by molar-refractivity contribution is 5.95. The number of carbonyl (C=O) groups excluding carboxylic acids is 2. The second-order valence-corrected chi connectivity index (χ2v) is 10.1. The van der Waals surface area contributed by atoms with Crippen LogP contribution in [-0.4, -0.2) is 89.4 Å². The van der Waals surface area contributed by atoms with E-state index in [4.69, 9.17) is 13.9 Å². The molecule has 13 nitrogen and oxygen atoms in total. The Kier molecular flexibility index (Phi) is 7.12. The van der Waals surface area contributed by atoms with Gasteiger partial charge in [0.1, 0.15) is 18.0 Å². The Morgan fingerprint density at radius 3 is 2.66 bits per heavy atom. The van der Waals surface area contributed by atoms with E-state index < -0.39 is 0 Å². The number of amides is 2. The van der Waals surface area contributed by atoms with E-state index >= 15 is 0 Å². The molecule has 0 aromatic carbocycles. The number of likely N-dealkylation sites (N-methyl/N-ethyl adjacent to an activating group) is 1. The number of fused-ring (bicyclic) bond motifs is 2. The monoisotopic (exact) mass is 564 g/mol. The third-order valence-corrected chi connectivity index (χ3v) is 7.85. The molecule has 41 heavy (non-hydrogen) atoms. The number of nitrogens with zero attached hydrogens (tertiary/aromatic N) is 5. The minimum Gasteiger partial charge on any atom is -0.505 e. The van der Waals surface area contributed by atoms with Crippen molar-refractivity contribution in [3.63, 3.8) is 0 Å². The van der Waals surface area contributed by atoms with Gasteiger partial charge in [-0.3, -0.25) is 14.4 Å². The highest BCUT2D eigenvalue weighted by atomic mass is 16.5. The maximum Gasteiger partial charge on any atom is 0.276 e. The van der Waals surface area contributed by atoms with Gasteiger partial charge in [-0.05, 0) is 6.42 Å². The van der Waals surface area contributed by atoms with E-state index in [9.17, 15) is 19.5 Å². The minimum atomic E-state index is -0.371. The van der Waals surface area contributed by atoms with Crippen LogP contribution >= 0.6 is 0 Å². The van der Waals surface area contributed by atoms with Crippen LogP contribution in [0, 0.1) is 0 Å². The standard InChI is InChI=1S/C28H32N6O7/c1-3-18-22(32-7-9-33(10-8-32)28(38)21-23(36)17-6-13-40-19(17)14-30-21)24(37)25-26(34(18)15-20(35)29-2)31-27(41-25)16-4-11-39-12-5-16/h4,14,36H,3,5-13,15H2,1-2H3,(H,29,35). The first-order valence-electron chi connectivity index (χ1n) is 13.8. The quantitative estimate of drug-likeness (QED) is 0.445. The lowest BCUT2D eigenvalue weighted by Crippen LogP contribution is -2.50. The van der Waals surface area contributed by atoms with Gasteiger partial charge >= 0.3 is 0 Å². The zero-order valence-corrected chi connectivity index (χ0v) is 23.1. The fourth-order valence-corrected chi connectivity index (χ4v) is 5.66. The summed E-state index contributed by atoms with van der Waals surface area (Å²) in [7, 11) is 1.56. The molecule has 3 aromatic heterocycles. The Hall–Kier alpha value is -4.39. The number of carbonyl (C=O) groups is 2. The number of hydrogen-bond donors (Lipinski definition) is 2. The Morgan fingerprint density at radius 1 is 1.15 bits per heavy atom. The number of aromatic hydroxyl groups is 1. The van der Waals surface area contributed by atoms with Crippen molar-refractivity contribution in [2.24, 2.45) is 0 Å². The van der Waals surface area contributed by atoms with E-state index in [0.717, 1.165) is 5.57 Å². The van der Waals surface area contributed by atoms with E-state index in [1.807, 2.05) is 17.9 Å². The van der Waals surface area contributed by atoms with Crippen LogP contribution in [0.5, 0.6) is 11.5 Å². The normalized spacial score (nSPS) is 16.9. The van der Waals surface area contributed by atoms with Gasteiger partial charge in [0.2, 0.25) is 22.8 Å². The van der Waals surface area contributed by atoms with E-state index in [1.165, 1.54) is 6.20 Å². The number of aromatic nitrogens is 3. The average molecular weight is 565 g/mol. The molecular formula is C28H32N6O7. The lowest BCUT2D eigenvalue weighted by atomic mass is 10.1. The summed E-state index contributed by atoms with van der Waals surface area (Å²) in [5.41, 5.74) is 2.70. The molecule has 216 valence electrons. The van der Waals surface area contributed by atoms with Crippen molar-refractivity contribution in [2.75, 3.05) is 57.9 Å². The molecule has 6 heterocycles. The van der Waals surface area contributed by atoms with Crippen molar-refractivity contribution in [3.8, 4) is 11.5 Å². The van der Waals surface area contributed by atoms with Crippen LogP contribution in [0.4, 0.5) is 5.69 Å². The predicted octanol–water partition coefficient (Wildman–Crippen LogP) is 1.10. The third kappa shape index (κ3) is 4.69. The highest BCUT2D eigenvalue weighted by Crippen LogP contribution is 2.35. The fourth-order valence-electron chi connectivity index (χ4n) is 5.66. The summed E-state index contributed by atoms with van der Waals surface area (Å²) in [6.45, 7) is 4.71. The van der Waals surface area contributed by atoms with Gasteiger partial charge in [0.15, 0.2) is 17.1 Å². The largest absolute Gasteiger partial charge is 0.505 e. The molecule has 0 bridgehead atoms. The predicted molar refractivity (Wildman–Crippen MR) is 148 cm³/mol. The molecule has 0 radical (unpaired) electrons. The summed E-state index contributed by atoms with van der Waals surface area (Å²) in [6, 6.07) is 0. The summed E-state index contributed by atoms with van der Waals surface area (Å²) < 4.78 is 18.6. The third-order valence-electron chi connectivity index (χ3n) is 7.85. The van der Waals surface area contributed by atoms with E-state index in [0.29, 0.717) is 99.5 Å². The minimum absolute atomic E-state index is 0.00269. The summed E-state index contributed by atoms with van der Waals surface area (Å²) in [4.78, 5) is 52.1. The van der Waals surface area contributed by atoms with E-state index in [-0.39, 0.29) is 40.8 Å². The molecule has 0 unspecified atom stereocenters. The molecule has 6 rings (SSSR count). The van der Waals surface area contributed by atoms with Gasteiger partial charge < -0.3 is 38.7 Å². The molecule has 0 aliphatic carbocycles. The van der Waals surface area contributed by atoms with Gasteiger partial charge in [0, 0.05) is 62.9 Å². The molecule has 13 heteroatoms. The molecule has 3 aliphatic heterocycles. The maximum absolute atomic E-state index is 13.9. The zero-order chi connectivity index (χ0) is 28.7. The Balaban J connectivity index is 1.33. The molecule has 3 aromatic rings. The lowest BCUT2D eigenvalue weighted by Gasteiger charge is -2.36. The van der Waals surface area contributed by atoms with Crippen molar-refractivity contribution in [3.05, 3.63) is 45.3 Å². The molecule has 2 amide bonds. The SMILES string of the molecule is CCc1c(N2CCN(C(=O)c3ncc4c(c3O)CCO4)CC2)c(=O)c2oc(C3=CCOCC3)nc2n1CC(=O)NC. The van der Waals surface area contributed by atoms with Crippen LogP contribution in [-0.2, 0) is 28.9 Å². The number of ether oxygens (including phenoxy) is 2. The number of anilines is 1. The van der Waals surface area contributed by atoms with Crippen molar-refractivity contribution >= 4 is 34.3 Å². The molecule has 2 N–H and O–H groups in total. The Bertz CT molecular complexity index is 1620. The number of piperazine rings is 1. The molecule has 3 aliphatic rings. The first kappa shape index (κ1) is 26.8. The van der Waals surface area contributed by atoms with E-state index in [2.05, 4.69) is 15.3 Å². The van der Waals surface area contributed by atoms with Crippen molar-refractivity contribution in [2.45, 2.75) is 32.7 Å². The number of rotatable bonds is 6. The van der Waals surface area contributed by atoms with Crippen LogP contribution in [0.3, 0.4) is 0 Å². The fraction of sp³-hybridized carbons (Fsp3) is 0.464. The number of hydrogen-bond acceptors (Lipinski definition) is 10. The Labute approximate surface area is 235 Å². The van der Waals surface area contributed by atoms with Crippen LogP contribution in [0.15, 0.2) is 21.5 Å². The summed E-state index contributed by atoms with van der Waals surface area (Å²) in [6.07, 6.45) is 4.98. The first-order valence-corrected chi connectivity index (χ1v) is 13.8. The topological polar surface area (TPSA) is 152 Å². The van der Waals surface area contributed by atoms with Crippen LogP contribution in [0.25, 0.3) is 16.8 Å². The molecule has 1 saturated heterocycles. The average Bonchev–Trinajstić information content (AvgIpc) is 3.67. The molecule has 1 fully saturated rings. The van der Waals surface area contributed by atoms with Crippen molar-refractivity contribution in [1.82, 2.24) is 24.8 Å².